The number of para-hydroxylation sites is 1. The van der Waals surface area contributed by atoms with E-state index in [2.05, 4.69) is 10.3 Å². The molecule has 1 heterocycles. The Morgan fingerprint density at radius 3 is 2.29 bits per heavy atom. The van der Waals surface area contributed by atoms with Crippen LogP contribution in [0, 0.1) is 0 Å². The van der Waals surface area contributed by atoms with Gasteiger partial charge in [0, 0.05) is 11.3 Å². The molecule has 2 aromatic rings. The van der Waals surface area contributed by atoms with E-state index >= 15 is 0 Å². The van der Waals surface area contributed by atoms with Crippen LogP contribution in [-0.2, 0) is 4.79 Å². The second-order valence-electron chi connectivity index (χ2n) is 5.94. The van der Waals surface area contributed by atoms with Crippen LogP contribution in [0.3, 0.4) is 0 Å². The fourth-order valence-corrected chi connectivity index (χ4v) is 3.31. The average Bonchev–Trinajstić information content (AvgIpc) is 2.90. The molecule has 0 saturated carbocycles. The molecule has 0 saturated heterocycles. The molecule has 0 aromatic heterocycles. The number of rotatable bonds is 4. The van der Waals surface area contributed by atoms with Gasteiger partial charge >= 0.3 is 0 Å². The number of carbonyl (C=O) groups excluding carboxylic acids is 1. The number of carbonyl (C=O) groups is 1. The molecule has 1 N–H and O–H groups in total. The lowest BCUT2D eigenvalue weighted by molar-refractivity contribution is -0.113. The summed E-state index contributed by atoms with van der Waals surface area (Å²) in [6, 6.07) is 19.4. The van der Waals surface area contributed by atoms with E-state index in [-0.39, 0.29) is 5.91 Å². The Bertz CT molecular complexity index is 783. The Morgan fingerprint density at radius 1 is 1.00 bits per heavy atom. The van der Waals surface area contributed by atoms with Gasteiger partial charge in [0.2, 0.25) is 5.91 Å². The highest BCUT2D eigenvalue weighted by molar-refractivity contribution is 8.16. The standard InChI is InChI=1S/C19H19N3OS/c1-19(2)21-17(14-9-5-3-6-10-14)18(22-19)24-13-16(23)20-15-11-7-4-8-12-15/h3-12H,13H2,1-2H3,(H,20,23). The second kappa shape index (κ2) is 7.01. The predicted molar refractivity (Wildman–Crippen MR) is 102 cm³/mol. The number of nitrogens with zero attached hydrogens (tertiary/aromatic N) is 2. The number of hydrogen-bond donors (Lipinski definition) is 1. The van der Waals surface area contributed by atoms with Gasteiger partial charge in [-0.1, -0.05) is 60.3 Å². The Morgan fingerprint density at radius 2 is 1.62 bits per heavy atom. The molecule has 1 amide bonds. The lowest BCUT2D eigenvalue weighted by Gasteiger charge is -2.07. The third-order valence-corrected chi connectivity index (χ3v) is 4.37. The summed E-state index contributed by atoms with van der Waals surface area (Å²) in [5.41, 5.74) is 2.20. The zero-order valence-corrected chi connectivity index (χ0v) is 14.5. The lowest BCUT2D eigenvalue weighted by atomic mass is 10.1. The zero-order valence-electron chi connectivity index (χ0n) is 13.7. The van der Waals surface area contributed by atoms with Gasteiger partial charge in [-0.3, -0.25) is 9.79 Å². The van der Waals surface area contributed by atoms with E-state index in [9.17, 15) is 4.79 Å². The molecule has 2 aromatic carbocycles. The van der Waals surface area contributed by atoms with Crippen molar-refractivity contribution in [1.82, 2.24) is 0 Å². The van der Waals surface area contributed by atoms with Crippen LogP contribution in [0.25, 0.3) is 0 Å². The molecule has 24 heavy (non-hydrogen) atoms. The Labute approximate surface area is 146 Å². The van der Waals surface area contributed by atoms with Crippen LogP contribution in [-0.4, -0.2) is 28.1 Å². The minimum atomic E-state index is -0.483. The molecule has 0 radical (unpaired) electrons. The Hall–Kier alpha value is -2.40. The third-order valence-electron chi connectivity index (χ3n) is 3.41. The van der Waals surface area contributed by atoms with Crippen molar-refractivity contribution >= 4 is 34.1 Å². The summed E-state index contributed by atoms with van der Waals surface area (Å²) >= 11 is 1.42. The van der Waals surface area contributed by atoms with Gasteiger partial charge in [-0.15, -0.1) is 0 Å². The van der Waals surface area contributed by atoms with Gasteiger partial charge in [0.05, 0.1) is 11.5 Å². The van der Waals surface area contributed by atoms with Crippen LogP contribution in [0.1, 0.15) is 19.4 Å². The number of amides is 1. The van der Waals surface area contributed by atoms with Crippen molar-refractivity contribution in [2.24, 2.45) is 9.98 Å². The van der Waals surface area contributed by atoms with E-state index in [0.29, 0.717) is 5.75 Å². The van der Waals surface area contributed by atoms with Crippen molar-refractivity contribution in [3.63, 3.8) is 0 Å². The summed E-state index contributed by atoms with van der Waals surface area (Å²) in [7, 11) is 0. The second-order valence-corrected chi connectivity index (χ2v) is 6.90. The van der Waals surface area contributed by atoms with E-state index < -0.39 is 5.66 Å². The van der Waals surface area contributed by atoms with Gasteiger partial charge in [0.15, 0.2) is 0 Å². The average molecular weight is 337 g/mol. The SMILES string of the molecule is CC1(C)N=C(SCC(=O)Nc2ccccc2)C(c2ccccc2)=N1. The van der Waals surface area contributed by atoms with Crippen LogP contribution < -0.4 is 5.32 Å². The predicted octanol–water partition coefficient (Wildman–Crippen LogP) is 4.00. The molecule has 0 atom stereocenters. The molecule has 0 aliphatic carbocycles. The summed E-state index contributed by atoms with van der Waals surface area (Å²) in [6.07, 6.45) is 0. The van der Waals surface area contributed by atoms with Crippen LogP contribution in [0.15, 0.2) is 70.6 Å². The van der Waals surface area contributed by atoms with E-state index in [1.54, 1.807) is 0 Å². The molecular formula is C19H19N3OS. The fourth-order valence-electron chi connectivity index (χ4n) is 2.39. The van der Waals surface area contributed by atoms with Crippen molar-refractivity contribution < 1.29 is 4.79 Å². The topological polar surface area (TPSA) is 53.8 Å². The molecule has 122 valence electrons. The van der Waals surface area contributed by atoms with Crippen molar-refractivity contribution in [3.05, 3.63) is 66.2 Å². The first kappa shape index (κ1) is 16.5. The maximum absolute atomic E-state index is 12.1. The molecule has 4 nitrogen and oxygen atoms in total. The number of benzene rings is 2. The summed E-state index contributed by atoms with van der Waals surface area (Å²) in [4.78, 5) is 21.5. The van der Waals surface area contributed by atoms with Gasteiger partial charge < -0.3 is 5.32 Å². The minimum Gasteiger partial charge on any atom is -0.325 e. The van der Waals surface area contributed by atoms with Crippen molar-refractivity contribution in [1.29, 1.82) is 0 Å². The highest BCUT2D eigenvalue weighted by Gasteiger charge is 2.28. The first-order valence-corrected chi connectivity index (χ1v) is 8.75. The molecule has 1 aliphatic rings. The molecule has 0 unspecified atom stereocenters. The van der Waals surface area contributed by atoms with Gasteiger partial charge in [0.1, 0.15) is 10.7 Å². The summed E-state index contributed by atoms with van der Waals surface area (Å²) in [5, 5.41) is 3.70. The molecule has 0 bridgehead atoms. The quantitative estimate of drug-likeness (QED) is 0.917. The molecule has 0 spiro atoms. The molecule has 3 rings (SSSR count). The first-order chi connectivity index (χ1) is 11.5. The van der Waals surface area contributed by atoms with E-state index in [1.165, 1.54) is 11.8 Å². The molecular weight excluding hydrogens is 318 g/mol. The Balaban J connectivity index is 1.67. The summed E-state index contributed by atoms with van der Waals surface area (Å²) < 4.78 is 0. The maximum Gasteiger partial charge on any atom is 0.234 e. The lowest BCUT2D eigenvalue weighted by Crippen LogP contribution is -2.17. The van der Waals surface area contributed by atoms with E-state index in [0.717, 1.165) is 22.0 Å². The fraction of sp³-hybridized carbons (Fsp3) is 0.211. The number of thioether (sulfide) groups is 1. The highest BCUT2D eigenvalue weighted by atomic mass is 32.2. The molecule has 5 heteroatoms. The smallest absolute Gasteiger partial charge is 0.234 e. The van der Waals surface area contributed by atoms with Crippen molar-refractivity contribution in [2.45, 2.75) is 19.5 Å². The van der Waals surface area contributed by atoms with Gasteiger partial charge in [-0.05, 0) is 26.0 Å². The van der Waals surface area contributed by atoms with Crippen LogP contribution in [0.4, 0.5) is 5.69 Å². The summed E-state index contributed by atoms with van der Waals surface area (Å²) in [5.74, 6) is 0.251. The Kier molecular flexibility index (Phi) is 4.81. The number of aliphatic imine (C=N–C) groups is 2. The normalized spacial score (nSPS) is 15.6. The zero-order chi connectivity index (χ0) is 17.0. The molecule has 0 fully saturated rings. The number of hydrogen-bond acceptors (Lipinski definition) is 4. The van der Waals surface area contributed by atoms with Crippen molar-refractivity contribution in [2.75, 3.05) is 11.1 Å². The minimum absolute atomic E-state index is 0.0500. The first-order valence-electron chi connectivity index (χ1n) is 7.77. The summed E-state index contributed by atoms with van der Waals surface area (Å²) in [6.45, 7) is 3.93. The third kappa shape index (κ3) is 4.11. The van der Waals surface area contributed by atoms with E-state index in [4.69, 9.17) is 4.99 Å². The molecule has 1 aliphatic heterocycles. The maximum atomic E-state index is 12.1. The number of anilines is 1. The van der Waals surface area contributed by atoms with Gasteiger partial charge in [-0.25, -0.2) is 4.99 Å². The van der Waals surface area contributed by atoms with E-state index in [1.807, 2.05) is 74.5 Å². The van der Waals surface area contributed by atoms with Gasteiger partial charge in [0.25, 0.3) is 0 Å². The van der Waals surface area contributed by atoms with Gasteiger partial charge in [-0.2, -0.15) is 0 Å². The van der Waals surface area contributed by atoms with Crippen LogP contribution in [0.2, 0.25) is 0 Å². The monoisotopic (exact) mass is 337 g/mol. The number of nitrogens with one attached hydrogen (secondary N) is 1. The highest BCUT2D eigenvalue weighted by Crippen LogP contribution is 2.26. The largest absolute Gasteiger partial charge is 0.325 e. The van der Waals surface area contributed by atoms with Crippen LogP contribution in [0.5, 0.6) is 0 Å². The van der Waals surface area contributed by atoms with Crippen molar-refractivity contribution in [3.8, 4) is 0 Å². The van der Waals surface area contributed by atoms with Crippen LogP contribution >= 0.6 is 11.8 Å².